The summed E-state index contributed by atoms with van der Waals surface area (Å²) in [6, 6.07) is 10.3. The van der Waals surface area contributed by atoms with Crippen LogP contribution in [-0.2, 0) is 28.6 Å². The zero-order valence-corrected chi connectivity index (χ0v) is 14.1. The first-order chi connectivity index (χ1) is 10.8. The van der Waals surface area contributed by atoms with Crippen molar-refractivity contribution in [2.24, 2.45) is 0 Å². The maximum Gasteiger partial charge on any atom is 0.182 e. The molecule has 2 aromatic carbocycles. The van der Waals surface area contributed by atoms with Gasteiger partial charge in [0.25, 0.3) is 0 Å². The number of rotatable bonds is 3. The lowest BCUT2D eigenvalue weighted by Crippen LogP contribution is -2.32. The number of hydrogen-bond donors (Lipinski definition) is 1. The molecule has 3 nitrogen and oxygen atoms in total. The molecule has 0 radical (unpaired) electrons. The molecule has 23 heavy (non-hydrogen) atoms. The van der Waals surface area contributed by atoms with Crippen LogP contribution in [0.15, 0.2) is 41.3 Å². The Morgan fingerprint density at radius 2 is 1.96 bits per heavy atom. The Kier molecular flexibility index (Phi) is 4.25. The highest BCUT2D eigenvalue weighted by Gasteiger charge is 2.19. The second-order valence-corrected chi connectivity index (χ2v) is 8.25. The summed E-state index contributed by atoms with van der Waals surface area (Å²) in [5.74, 6) is -0.596. The molecule has 3 rings (SSSR count). The van der Waals surface area contributed by atoms with E-state index in [2.05, 4.69) is 12.2 Å². The zero-order valence-electron chi connectivity index (χ0n) is 13.3. The molecule has 0 aliphatic carbocycles. The average molecular weight is 333 g/mol. The van der Waals surface area contributed by atoms with Gasteiger partial charge in [0.2, 0.25) is 0 Å². The van der Waals surface area contributed by atoms with E-state index in [0.29, 0.717) is 11.6 Å². The van der Waals surface area contributed by atoms with Crippen LogP contribution in [0.2, 0.25) is 0 Å². The van der Waals surface area contributed by atoms with Crippen molar-refractivity contribution in [1.29, 1.82) is 0 Å². The molecule has 0 bridgehead atoms. The third-order valence-electron chi connectivity index (χ3n) is 4.30. The van der Waals surface area contributed by atoms with Crippen LogP contribution in [0.1, 0.15) is 29.2 Å². The van der Waals surface area contributed by atoms with E-state index in [1.807, 2.05) is 18.2 Å². The highest BCUT2D eigenvalue weighted by Crippen LogP contribution is 2.23. The van der Waals surface area contributed by atoms with Gasteiger partial charge >= 0.3 is 0 Å². The molecule has 2 aromatic rings. The monoisotopic (exact) mass is 333 g/mol. The predicted octanol–water partition coefficient (Wildman–Crippen LogP) is 3.14. The Labute approximate surface area is 136 Å². The SMILES string of the molecule is Cc1ccc(S(=O)(=O)Cc2ccc3c(c2)CC(C)NC3)cc1F. The fraction of sp³-hybridized carbons (Fsp3) is 0.333. The molecular weight excluding hydrogens is 313 g/mol. The summed E-state index contributed by atoms with van der Waals surface area (Å²) in [6.07, 6.45) is 0.891. The average Bonchev–Trinajstić information content (AvgIpc) is 2.49. The molecule has 0 saturated carbocycles. The van der Waals surface area contributed by atoms with Crippen molar-refractivity contribution in [1.82, 2.24) is 5.32 Å². The first kappa shape index (κ1) is 16.1. The van der Waals surface area contributed by atoms with Gasteiger partial charge < -0.3 is 5.32 Å². The Hall–Kier alpha value is -1.72. The molecule has 122 valence electrons. The molecule has 1 N–H and O–H groups in total. The number of fused-ring (bicyclic) bond motifs is 1. The van der Waals surface area contributed by atoms with Gasteiger partial charge in [-0.1, -0.05) is 24.3 Å². The van der Waals surface area contributed by atoms with Crippen molar-refractivity contribution in [3.05, 3.63) is 64.5 Å². The van der Waals surface area contributed by atoms with Crippen molar-refractivity contribution in [3.8, 4) is 0 Å². The summed E-state index contributed by atoms with van der Waals surface area (Å²) in [7, 11) is -3.55. The number of nitrogens with one attached hydrogen (secondary N) is 1. The molecule has 0 amide bonds. The third kappa shape index (κ3) is 3.46. The van der Waals surface area contributed by atoms with Gasteiger partial charge in [-0.25, -0.2) is 12.8 Å². The van der Waals surface area contributed by atoms with Crippen molar-refractivity contribution in [3.63, 3.8) is 0 Å². The van der Waals surface area contributed by atoms with E-state index < -0.39 is 15.7 Å². The van der Waals surface area contributed by atoms with Crippen molar-refractivity contribution in [2.45, 2.75) is 43.5 Å². The normalized spacial score (nSPS) is 17.8. The lowest BCUT2D eigenvalue weighted by Gasteiger charge is -2.23. The van der Waals surface area contributed by atoms with E-state index in [1.165, 1.54) is 23.3 Å². The number of benzene rings is 2. The zero-order chi connectivity index (χ0) is 16.6. The van der Waals surface area contributed by atoms with Crippen LogP contribution in [0.4, 0.5) is 4.39 Å². The molecule has 0 aromatic heterocycles. The molecule has 5 heteroatoms. The fourth-order valence-electron chi connectivity index (χ4n) is 2.89. The summed E-state index contributed by atoms with van der Waals surface area (Å²) in [5, 5.41) is 3.38. The van der Waals surface area contributed by atoms with Crippen molar-refractivity contribution < 1.29 is 12.8 Å². The van der Waals surface area contributed by atoms with Gasteiger partial charge in [0.05, 0.1) is 10.6 Å². The van der Waals surface area contributed by atoms with Gasteiger partial charge in [0.1, 0.15) is 5.82 Å². The quantitative estimate of drug-likeness (QED) is 0.939. The number of sulfone groups is 1. The highest BCUT2D eigenvalue weighted by atomic mass is 32.2. The van der Waals surface area contributed by atoms with E-state index >= 15 is 0 Å². The minimum atomic E-state index is -3.55. The molecule has 0 fully saturated rings. The fourth-order valence-corrected chi connectivity index (χ4v) is 4.23. The minimum absolute atomic E-state index is 0.0355. The molecule has 1 heterocycles. The van der Waals surface area contributed by atoms with E-state index in [-0.39, 0.29) is 10.6 Å². The first-order valence-electron chi connectivity index (χ1n) is 7.68. The second kappa shape index (κ2) is 6.06. The van der Waals surface area contributed by atoms with E-state index in [9.17, 15) is 12.8 Å². The summed E-state index contributed by atoms with van der Waals surface area (Å²) in [6.45, 7) is 4.54. The summed E-state index contributed by atoms with van der Waals surface area (Å²) in [4.78, 5) is 0.0355. The van der Waals surface area contributed by atoms with E-state index in [1.54, 1.807) is 6.92 Å². The van der Waals surface area contributed by atoms with Gasteiger partial charge in [-0.05, 0) is 54.7 Å². The Morgan fingerprint density at radius 1 is 1.17 bits per heavy atom. The summed E-state index contributed by atoms with van der Waals surface area (Å²) in [5.41, 5.74) is 3.60. The van der Waals surface area contributed by atoms with Gasteiger partial charge in [-0.15, -0.1) is 0 Å². The van der Waals surface area contributed by atoms with Crippen LogP contribution in [0.5, 0.6) is 0 Å². The van der Waals surface area contributed by atoms with Crippen LogP contribution < -0.4 is 5.32 Å². The summed E-state index contributed by atoms with van der Waals surface area (Å²) >= 11 is 0. The molecule has 1 aliphatic heterocycles. The molecule has 0 spiro atoms. The number of halogens is 1. The van der Waals surface area contributed by atoms with E-state index in [4.69, 9.17) is 0 Å². The van der Waals surface area contributed by atoms with Crippen LogP contribution >= 0.6 is 0 Å². The van der Waals surface area contributed by atoms with Crippen molar-refractivity contribution in [2.75, 3.05) is 0 Å². The first-order valence-corrected chi connectivity index (χ1v) is 9.33. The molecule has 1 aliphatic rings. The van der Waals surface area contributed by atoms with Crippen LogP contribution in [0.3, 0.4) is 0 Å². The third-order valence-corrected chi connectivity index (χ3v) is 5.98. The van der Waals surface area contributed by atoms with Crippen molar-refractivity contribution >= 4 is 9.84 Å². The van der Waals surface area contributed by atoms with Gasteiger partial charge in [0, 0.05) is 12.6 Å². The molecule has 1 unspecified atom stereocenters. The second-order valence-electron chi connectivity index (χ2n) is 6.26. The predicted molar refractivity (Wildman–Crippen MR) is 88.5 cm³/mol. The van der Waals surface area contributed by atoms with Crippen LogP contribution in [0, 0.1) is 12.7 Å². The Balaban J connectivity index is 1.88. The Bertz CT molecular complexity index is 846. The van der Waals surface area contributed by atoms with E-state index in [0.717, 1.165) is 24.6 Å². The lowest BCUT2D eigenvalue weighted by atomic mass is 9.95. The highest BCUT2D eigenvalue weighted by molar-refractivity contribution is 7.90. The molecule has 1 atom stereocenters. The topological polar surface area (TPSA) is 46.2 Å². The standard InChI is InChI=1S/C18H20FNO2S/c1-12-3-6-17(9-18(12)19)23(21,22)11-14-4-5-15-10-20-13(2)7-16(15)8-14/h3-6,8-9,13,20H,7,10-11H2,1-2H3. The maximum absolute atomic E-state index is 13.6. The Morgan fingerprint density at radius 3 is 2.70 bits per heavy atom. The van der Waals surface area contributed by atoms with Gasteiger partial charge in [-0.2, -0.15) is 0 Å². The van der Waals surface area contributed by atoms with Crippen LogP contribution in [-0.4, -0.2) is 14.5 Å². The lowest BCUT2D eigenvalue weighted by molar-refractivity contribution is 0.513. The minimum Gasteiger partial charge on any atom is -0.310 e. The van der Waals surface area contributed by atoms with Crippen LogP contribution in [0.25, 0.3) is 0 Å². The smallest absolute Gasteiger partial charge is 0.182 e. The maximum atomic E-state index is 13.6. The summed E-state index contributed by atoms with van der Waals surface area (Å²) < 4.78 is 38.7. The number of hydrogen-bond acceptors (Lipinski definition) is 3. The molecular formula is C18H20FNO2S. The largest absolute Gasteiger partial charge is 0.310 e. The van der Waals surface area contributed by atoms with Gasteiger partial charge in [0.15, 0.2) is 9.84 Å². The van der Waals surface area contributed by atoms with Gasteiger partial charge in [-0.3, -0.25) is 0 Å². The number of aryl methyl sites for hydroxylation is 1. The molecule has 0 saturated heterocycles.